The number of nitriles is 1. The van der Waals surface area contributed by atoms with Crippen LogP contribution in [-0.2, 0) is 11.2 Å². The summed E-state index contributed by atoms with van der Waals surface area (Å²) in [4.78, 5) is 13.1. The molecule has 0 aromatic heterocycles. The lowest BCUT2D eigenvalue weighted by atomic mass is 10.1. The topological polar surface area (TPSA) is 64.3 Å². The molecule has 0 saturated heterocycles. The molecular formula is C13H16N2O2. The van der Waals surface area contributed by atoms with E-state index in [1.54, 1.807) is 19.2 Å². The van der Waals surface area contributed by atoms with Crippen molar-refractivity contribution in [3.8, 4) is 6.07 Å². The molecule has 0 saturated carbocycles. The summed E-state index contributed by atoms with van der Waals surface area (Å²) in [6, 6.07) is 9.26. The number of carbonyl (C=O) groups is 1. The fraction of sp³-hybridized carbons (Fsp3) is 0.385. The molecule has 1 aromatic carbocycles. The molecule has 1 amide bonds. The van der Waals surface area contributed by atoms with Crippen LogP contribution in [0.25, 0.3) is 0 Å². The van der Waals surface area contributed by atoms with Gasteiger partial charge in [0.05, 0.1) is 18.2 Å². The Balaban J connectivity index is 2.45. The number of aliphatic hydroxyl groups excluding tert-OH is 1. The van der Waals surface area contributed by atoms with Gasteiger partial charge in [0.15, 0.2) is 0 Å². The van der Waals surface area contributed by atoms with Crippen molar-refractivity contribution in [2.45, 2.75) is 12.8 Å². The standard InChI is InChI=1S/C13H16N2O2/c1-15(8-9-16)13(17)7-6-11-2-4-12(10-14)5-3-11/h2-5,16H,6-9H2,1H3. The van der Waals surface area contributed by atoms with Gasteiger partial charge in [0.2, 0.25) is 5.91 Å². The summed E-state index contributed by atoms with van der Waals surface area (Å²) in [5.41, 5.74) is 1.66. The number of benzene rings is 1. The zero-order valence-electron chi connectivity index (χ0n) is 9.89. The number of rotatable bonds is 5. The van der Waals surface area contributed by atoms with Crippen molar-refractivity contribution in [1.29, 1.82) is 5.26 Å². The van der Waals surface area contributed by atoms with Crippen molar-refractivity contribution in [3.63, 3.8) is 0 Å². The first-order valence-corrected chi connectivity index (χ1v) is 5.51. The van der Waals surface area contributed by atoms with Crippen molar-refractivity contribution in [3.05, 3.63) is 35.4 Å². The number of hydrogen-bond donors (Lipinski definition) is 1. The van der Waals surface area contributed by atoms with Crippen molar-refractivity contribution < 1.29 is 9.90 Å². The summed E-state index contributed by atoms with van der Waals surface area (Å²) >= 11 is 0. The van der Waals surface area contributed by atoms with Gasteiger partial charge in [-0.3, -0.25) is 4.79 Å². The highest BCUT2D eigenvalue weighted by molar-refractivity contribution is 5.76. The average molecular weight is 232 g/mol. The molecule has 0 aliphatic rings. The van der Waals surface area contributed by atoms with Crippen LogP contribution in [0.5, 0.6) is 0 Å². The third-order valence-electron chi connectivity index (χ3n) is 2.57. The highest BCUT2D eigenvalue weighted by atomic mass is 16.3. The van der Waals surface area contributed by atoms with E-state index in [-0.39, 0.29) is 12.5 Å². The molecule has 0 bridgehead atoms. The molecule has 0 fully saturated rings. The van der Waals surface area contributed by atoms with Crippen LogP contribution in [0.4, 0.5) is 0 Å². The quantitative estimate of drug-likeness (QED) is 0.821. The minimum absolute atomic E-state index is 0.0148. The van der Waals surface area contributed by atoms with Crippen LogP contribution < -0.4 is 0 Å². The van der Waals surface area contributed by atoms with Crippen LogP contribution in [0, 0.1) is 11.3 Å². The van der Waals surface area contributed by atoms with E-state index in [0.29, 0.717) is 24.9 Å². The van der Waals surface area contributed by atoms with Gasteiger partial charge in [-0.05, 0) is 24.1 Å². The van der Waals surface area contributed by atoms with E-state index < -0.39 is 0 Å². The van der Waals surface area contributed by atoms with E-state index in [9.17, 15) is 4.79 Å². The first-order chi connectivity index (χ1) is 8.17. The predicted octanol–water partition coefficient (Wildman–Crippen LogP) is 0.942. The molecule has 1 aromatic rings. The molecule has 0 aliphatic heterocycles. The Hall–Kier alpha value is -1.86. The van der Waals surface area contributed by atoms with Gasteiger partial charge in [0.1, 0.15) is 0 Å². The summed E-state index contributed by atoms with van der Waals surface area (Å²) in [6.45, 7) is 0.352. The SMILES string of the molecule is CN(CCO)C(=O)CCc1ccc(C#N)cc1. The number of hydrogen-bond acceptors (Lipinski definition) is 3. The number of nitrogens with zero attached hydrogens (tertiary/aromatic N) is 2. The minimum Gasteiger partial charge on any atom is -0.395 e. The lowest BCUT2D eigenvalue weighted by molar-refractivity contribution is -0.130. The van der Waals surface area contributed by atoms with Gasteiger partial charge in [-0.25, -0.2) is 0 Å². The summed E-state index contributed by atoms with van der Waals surface area (Å²) in [7, 11) is 1.68. The smallest absolute Gasteiger partial charge is 0.222 e. The molecule has 0 atom stereocenters. The fourth-order valence-corrected chi connectivity index (χ4v) is 1.46. The summed E-state index contributed by atoms with van der Waals surface area (Å²) < 4.78 is 0. The molecule has 17 heavy (non-hydrogen) atoms. The molecule has 0 spiro atoms. The Morgan fingerprint density at radius 3 is 2.59 bits per heavy atom. The van der Waals surface area contributed by atoms with Gasteiger partial charge in [0.25, 0.3) is 0 Å². The zero-order valence-corrected chi connectivity index (χ0v) is 9.89. The van der Waals surface area contributed by atoms with E-state index in [1.165, 1.54) is 4.90 Å². The molecule has 0 aliphatic carbocycles. The molecule has 0 radical (unpaired) electrons. The monoisotopic (exact) mass is 232 g/mol. The van der Waals surface area contributed by atoms with E-state index in [1.807, 2.05) is 12.1 Å². The van der Waals surface area contributed by atoms with Crippen molar-refractivity contribution in [2.75, 3.05) is 20.2 Å². The van der Waals surface area contributed by atoms with Crippen LogP contribution in [-0.4, -0.2) is 36.1 Å². The van der Waals surface area contributed by atoms with Gasteiger partial charge < -0.3 is 10.0 Å². The van der Waals surface area contributed by atoms with E-state index in [0.717, 1.165) is 5.56 Å². The Morgan fingerprint density at radius 1 is 1.41 bits per heavy atom. The van der Waals surface area contributed by atoms with Gasteiger partial charge in [0, 0.05) is 20.0 Å². The Bertz CT molecular complexity index is 406. The van der Waals surface area contributed by atoms with Crippen molar-refractivity contribution in [2.24, 2.45) is 0 Å². The minimum atomic E-state index is -0.0148. The molecule has 4 heteroatoms. The lowest BCUT2D eigenvalue weighted by Crippen LogP contribution is -2.29. The van der Waals surface area contributed by atoms with Crippen molar-refractivity contribution in [1.82, 2.24) is 4.90 Å². The Morgan fingerprint density at radius 2 is 2.06 bits per heavy atom. The molecular weight excluding hydrogens is 216 g/mol. The highest BCUT2D eigenvalue weighted by Crippen LogP contribution is 2.06. The maximum Gasteiger partial charge on any atom is 0.222 e. The van der Waals surface area contributed by atoms with Gasteiger partial charge in [-0.2, -0.15) is 5.26 Å². The maximum atomic E-state index is 11.6. The van der Waals surface area contributed by atoms with E-state index in [2.05, 4.69) is 6.07 Å². The second-order valence-corrected chi connectivity index (χ2v) is 3.85. The van der Waals surface area contributed by atoms with Crippen LogP contribution in [0.2, 0.25) is 0 Å². The third-order valence-corrected chi connectivity index (χ3v) is 2.57. The van der Waals surface area contributed by atoms with Gasteiger partial charge >= 0.3 is 0 Å². The predicted molar refractivity (Wildman–Crippen MR) is 64.2 cm³/mol. The van der Waals surface area contributed by atoms with Crippen molar-refractivity contribution >= 4 is 5.91 Å². The van der Waals surface area contributed by atoms with Gasteiger partial charge in [-0.15, -0.1) is 0 Å². The zero-order chi connectivity index (χ0) is 12.7. The normalized spacial score (nSPS) is 9.71. The molecule has 0 unspecified atom stereocenters. The van der Waals surface area contributed by atoms with Crippen LogP contribution in [0.1, 0.15) is 17.5 Å². The van der Waals surface area contributed by atoms with Gasteiger partial charge in [-0.1, -0.05) is 12.1 Å². The molecule has 0 heterocycles. The fourth-order valence-electron chi connectivity index (χ4n) is 1.46. The molecule has 4 nitrogen and oxygen atoms in total. The van der Waals surface area contributed by atoms with Crippen LogP contribution >= 0.6 is 0 Å². The summed E-state index contributed by atoms with van der Waals surface area (Å²) in [5.74, 6) is 0.0170. The Labute approximate surface area is 101 Å². The first kappa shape index (κ1) is 13.2. The largest absolute Gasteiger partial charge is 0.395 e. The summed E-state index contributed by atoms with van der Waals surface area (Å²) in [5, 5.41) is 17.3. The first-order valence-electron chi connectivity index (χ1n) is 5.51. The van der Waals surface area contributed by atoms with Crippen LogP contribution in [0.3, 0.4) is 0 Å². The van der Waals surface area contributed by atoms with Crippen LogP contribution in [0.15, 0.2) is 24.3 Å². The average Bonchev–Trinajstić information content (AvgIpc) is 2.36. The number of aryl methyl sites for hydroxylation is 1. The number of amides is 1. The number of likely N-dealkylation sites (N-methyl/N-ethyl adjacent to an activating group) is 1. The summed E-state index contributed by atoms with van der Waals surface area (Å²) in [6.07, 6.45) is 1.07. The maximum absolute atomic E-state index is 11.6. The highest BCUT2D eigenvalue weighted by Gasteiger charge is 2.07. The second-order valence-electron chi connectivity index (χ2n) is 3.85. The molecule has 1 rings (SSSR count). The number of aliphatic hydroxyl groups is 1. The molecule has 1 N–H and O–H groups in total. The lowest BCUT2D eigenvalue weighted by Gasteiger charge is -2.15. The Kier molecular flexibility index (Phi) is 5.18. The molecule has 90 valence electrons. The van der Waals surface area contributed by atoms with E-state index in [4.69, 9.17) is 10.4 Å². The second kappa shape index (κ2) is 6.66. The third kappa shape index (κ3) is 4.25. The number of carbonyl (C=O) groups excluding carboxylic acids is 1. The van der Waals surface area contributed by atoms with E-state index >= 15 is 0 Å².